The summed E-state index contributed by atoms with van der Waals surface area (Å²) in [5.74, 6) is 0. The third-order valence-corrected chi connectivity index (χ3v) is 5.65. The summed E-state index contributed by atoms with van der Waals surface area (Å²) >= 11 is 2.40. The SMILES string of the molecule is CCCCCCCCCCc1cccc2c1[nH]c1ccc(I)cc12. The summed E-state index contributed by atoms with van der Waals surface area (Å²) in [7, 11) is 0. The summed E-state index contributed by atoms with van der Waals surface area (Å²) in [5, 5.41) is 2.73. The van der Waals surface area contributed by atoms with Gasteiger partial charge in [0.25, 0.3) is 0 Å². The lowest BCUT2D eigenvalue weighted by Gasteiger charge is -2.04. The van der Waals surface area contributed by atoms with Crippen LogP contribution in [0.5, 0.6) is 0 Å². The van der Waals surface area contributed by atoms with Gasteiger partial charge in [0.1, 0.15) is 0 Å². The van der Waals surface area contributed by atoms with E-state index in [1.807, 2.05) is 0 Å². The molecule has 0 radical (unpaired) electrons. The molecule has 1 heterocycles. The molecule has 0 saturated heterocycles. The maximum Gasteiger partial charge on any atom is 0.0497 e. The van der Waals surface area contributed by atoms with Crippen molar-refractivity contribution in [3.05, 3.63) is 45.5 Å². The van der Waals surface area contributed by atoms with E-state index < -0.39 is 0 Å². The van der Waals surface area contributed by atoms with Gasteiger partial charge in [-0.05, 0) is 59.2 Å². The Balaban J connectivity index is 1.60. The van der Waals surface area contributed by atoms with Crippen molar-refractivity contribution in [2.75, 3.05) is 0 Å². The Hall–Kier alpha value is -1.03. The molecule has 1 aromatic heterocycles. The van der Waals surface area contributed by atoms with Crippen molar-refractivity contribution in [2.45, 2.75) is 64.7 Å². The zero-order valence-corrected chi connectivity index (χ0v) is 16.9. The largest absolute Gasteiger partial charge is 0.354 e. The Kier molecular flexibility index (Phi) is 6.59. The standard InChI is InChI=1S/C22H28IN/c1-2-3-4-5-6-7-8-9-11-17-12-10-13-19-20-16-18(23)14-15-21(20)24-22(17)19/h10,12-16,24H,2-9,11H2,1H3. The number of hydrogen-bond acceptors (Lipinski definition) is 0. The minimum absolute atomic E-state index is 1.19. The number of para-hydroxylation sites is 1. The quantitative estimate of drug-likeness (QED) is 0.264. The molecule has 0 unspecified atom stereocenters. The first-order valence-corrected chi connectivity index (χ1v) is 10.6. The molecule has 128 valence electrons. The lowest BCUT2D eigenvalue weighted by molar-refractivity contribution is 0.576. The second-order valence-electron chi connectivity index (χ2n) is 6.88. The van der Waals surface area contributed by atoms with E-state index in [1.54, 1.807) is 0 Å². The Morgan fingerprint density at radius 3 is 2.38 bits per heavy atom. The van der Waals surface area contributed by atoms with Crippen LogP contribution in [0.3, 0.4) is 0 Å². The second kappa shape index (κ2) is 8.89. The highest BCUT2D eigenvalue weighted by atomic mass is 127. The minimum Gasteiger partial charge on any atom is -0.354 e. The maximum atomic E-state index is 3.65. The maximum absolute atomic E-state index is 3.65. The van der Waals surface area contributed by atoms with Gasteiger partial charge in [-0.25, -0.2) is 0 Å². The van der Waals surface area contributed by atoms with Gasteiger partial charge in [-0.3, -0.25) is 0 Å². The van der Waals surface area contributed by atoms with Gasteiger partial charge in [0.15, 0.2) is 0 Å². The predicted molar refractivity (Wildman–Crippen MR) is 115 cm³/mol. The van der Waals surface area contributed by atoms with Crippen LogP contribution < -0.4 is 0 Å². The van der Waals surface area contributed by atoms with Gasteiger partial charge < -0.3 is 4.98 Å². The van der Waals surface area contributed by atoms with Crippen LogP contribution in [-0.2, 0) is 6.42 Å². The molecule has 24 heavy (non-hydrogen) atoms. The Bertz CT molecular complexity index is 787. The Labute approximate surface area is 159 Å². The van der Waals surface area contributed by atoms with Crippen LogP contribution in [0.2, 0.25) is 0 Å². The summed E-state index contributed by atoms with van der Waals surface area (Å²) in [4.78, 5) is 3.65. The van der Waals surface area contributed by atoms with Crippen LogP contribution in [-0.4, -0.2) is 4.98 Å². The van der Waals surface area contributed by atoms with E-state index in [9.17, 15) is 0 Å². The summed E-state index contributed by atoms with van der Waals surface area (Å²) in [6.07, 6.45) is 12.2. The number of hydrogen-bond donors (Lipinski definition) is 1. The van der Waals surface area contributed by atoms with Gasteiger partial charge in [0, 0.05) is 25.4 Å². The normalized spacial score (nSPS) is 11.6. The molecule has 0 aliphatic rings. The zero-order valence-electron chi connectivity index (χ0n) is 14.7. The number of H-pyrrole nitrogens is 1. The third-order valence-electron chi connectivity index (χ3n) is 4.98. The molecule has 1 N–H and O–H groups in total. The average molecular weight is 433 g/mol. The van der Waals surface area contributed by atoms with E-state index in [1.165, 1.54) is 88.7 Å². The molecule has 3 aromatic rings. The predicted octanol–water partition coefficient (Wildman–Crippen LogP) is 7.61. The van der Waals surface area contributed by atoms with Crippen molar-refractivity contribution in [2.24, 2.45) is 0 Å². The number of benzene rings is 2. The first kappa shape index (κ1) is 17.8. The number of aromatic amines is 1. The van der Waals surface area contributed by atoms with Crippen LogP contribution in [0.25, 0.3) is 21.8 Å². The molecular weight excluding hydrogens is 405 g/mol. The van der Waals surface area contributed by atoms with E-state index in [-0.39, 0.29) is 0 Å². The second-order valence-corrected chi connectivity index (χ2v) is 8.13. The molecule has 2 heteroatoms. The molecule has 2 aromatic carbocycles. The number of aromatic nitrogens is 1. The lowest BCUT2D eigenvalue weighted by atomic mass is 10.0. The van der Waals surface area contributed by atoms with Crippen molar-refractivity contribution in [1.29, 1.82) is 0 Å². The fourth-order valence-electron chi connectivity index (χ4n) is 3.61. The van der Waals surface area contributed by atoms with Crippen LogP contribution >= 0.6 is 22.6 Å². The van der Waals surface area contributed by atoms with Gasteiger partial charge in [-0.2, -0.15) is 0 Å². The average Bonchev–Trinajstić information content (AvgIpc) is 2.96. The monoisotopic (exact) mass is 433 g/mol. The molecule has 0 fully saturated rings. The van der Waals surface area contributed by atoms with Crippen LogP contribution in [0, 0.1) is 3.57 Å². The number of nitrogens with one attached hydrogen (secondary N) is 1. The summed E-state index contributed by atoms with van der Waals surface area (Å²) in [6.45, 7) is 2.28. The molecular formula is C22H28IN. The molecule has 0 spiro atoms. The smallest absolute Gasteiger partial charge is 0.0497 e. The zero-order chi connectivity index (χ0) is 16.8. The molecule has 1 nitrogen and oxygen atoms in total. The highest BCUT2D eigenvalue weighted by molar-refractivity contribution is 14.1. The highest BCUT2D eigenvalue weighted by Crippen LogP contribution is 2.29. The van der Waals surface area contributed by atoms with Gasteiger partial charge in [0.2, 0.25) is 0 Å². The number of aryl methyl sites for hydroxylation is 1. The van der Waals surface area contributed by atoms with E-state index >= 15 is 0 Å². The van der Waals surface area contributed by atoms with Crippen molar-refractivity contribution in [3.63, 3.8) is 0 Å². The molecule has 0 bridgehead atoms. The number of rotatable bonds is 9. The van der Waals surface area contributed by atoms with Crippen LogP contribution in [0.4, 0.5) is 0 Å². The van der Waals surface area contributed by atoms with E-state index in [2.05, 4.69) is 70.9 Å². The lowest BCUT2D eigenvalue weighted by Crippen LogP contribution is -1.88. The van der Waals surface area contributed by atoms with Gasteiger partial charge in [-0.15, -0.1) is 0 Å². The van der Waals surface area contributed by atoms with Gasteiger partial charge in [0.05, 0.1) is 0 Å². The number of halogens is 1. The van der Waals surface area contributed by atoms with E-state index in [0.717, 1.165) is 0 Å². The topological polar surface area (TPSA) is 15.8 Å². The van der Waals surface area contributed by atoms with Crippen molar-refractivity contribution in [1.82, 2.24) is 4.98 Å². The molecule has 0 atom stereocenters. The van der Waals surface area contributed by atoms with Crippen molar-refractivity contribution < 1.29 is 0 Å². The first-order valence-electron chi connectivity index (χ1n) is 9.48. The third kappa shape index (κ3) is 4.33. The molecule has 0 aliphatic heterocycles. The summed E-state index contributed by atoms with van der Waals surface area (Å²) < 4.78 is 1.30. The van der Waals surface area contributed by atoms with Crippen molar-refractivity contribution in [3.8, 4) is 0 Å². The summed E-state index contributed by atoms with van der Waals surface area (Å²) in [5.41, 5.74) is 4.08. The molecule has 0 saturated carbocycles. The molecule has 0 aliphatic carbocycles. The number of fused-ring (bicyclic) bond motifs is 3. The van der Waals surface area contributed by atoms with Gasteiger partial charge >= 0.3 is 0 Å². The van der Waals surface area contributed by atoms with Crippen LogP contribution in [0.15, 0.2) is 36.4 Å². The summed E-state index contributed by atoms with van der Waals surface area (Å²) in [6, 6.07) is 13.4. The highest BCUT2D eigenvalue weighted by Gasteiger charge is 2.08. The van der Waals surface area contributed by atoms with Crippen molar-refractivity contribution >= 4 is 44.4 Å². The first-order chi connectivity index (χ1) is 11.8. The van der Waals surface area contributed by atoms with E-state index in [0.29, 0.717) is 0 Å². The fourth-order valence-corrected chi connectivity index (χ4v) is 4.10. The number of unbranched alkanes of at least 4 members (excludes halogenated alkanes) is 7. The van der Waals surface area contributed by atoms with Gasteiger partial charge in [-0.1, -0.05) is 70.1 Å². The molecule has 3 rings (SSSR count). The Morgan fingerprint density at radius 2 is 1.58 bits per heavy atom. The van der Waals surface area contributed by atoms with E-state index in [4.69, 9.17) is 0 Å². The van der Waals surface area contributed by atoms with Crippen LogP contribution in [0.1, 0.15) is 63.9 Å². The fraction of sp³-hybridized carbons (Fsp3) is 0.455. The minimum atomic E-state index is 1.19. The Morgan fingerprint density at radius 1 is 0.833 bits per heavy atom. The molecule has 0 amide bonds.